The molecule has 0 atom stereocenters. The van der Waals surface area contributed by atoms with Gasteiger partial charge in [0.2, 0.25) is 11.8 Å². The van der Waals surface area contributed by atoms with Crippen molar-refractivity contribution in [3.63, 3.8) is 0 Å². The van der Waals surface area contributed by atoms with Gasteiger partial charge >= 0.3 is 0 Å². The highest BCUT2D eigenvalue weighted by Crippen LogP contribution is 2.45. The van der Waals surface area contributed by atoms with Crippen LogP contribution in [0, 0.1) is 16.8 Å². The zero-order chi connectivity index (χ0) is 19.9. The predicted molar refractivity (Wildman–Crippen MR) is 111 cm³/mol. The van der Waals surface area contributed by atoms with E-state index in [1.807, 2.05) is 12.1 Å². The summed E-state index contributed by atoms with van der Waals surface area (Å²) in [4.78, 5) is 7.51. The van der Waals surface area contributed by atoms with Crippen molar-refractivity contribution in [1.29, 1.82) is 0 Å². The van der Waals surface area contributed by atoms with Crippen LogP contribution in [0.15, 0.2) is 45.6 Å². The van der Waals surface area contributed by atoms with Gasteiger partial charge in [-0.2, -0.15) is 4.39 Å². The van der Waals surface area contributed by atoms with Crippen molar-refractivity contribution in [2.75, 3.05) is 13.2 Å². The molecule has 4 nitrogen and oxygen atoms in total. The molecule has 0 spiro atoms. The average molecular weight is 504 g/mol. The molecule has 2 aromatic rings. The van der Waals surface area contributed by atoms with E-state index in [1.54, 1.807) is 12.3 Å². The second-order valence-electron chi connectivity index (χ2n) is 7.68. The molecular formula is C20H25Br2FN2O2. The number of nitrogens with zero attached hydrogens (tertiary/aromatic N) is 2. The second kappa shape index (κ2) is 9.94. The van der Waals surface area contributed by atoms with Crippen molar-refractivity contribution in [2.45, 2.75) is 39.5 Å². The van der Waals surface area contributed by atoms with Gasteiger partial charge in [0.1, 0.15) is 0 Å². The van der Waals surface area contributed by atoms with E-state index < -0.39 is 5.95 Å². The third-order valence-electron chi connectivity index (χ3n) is 4.55. The van der Waals surface area contributed by atoms with Crippen LogP contribution in [0.5, 0.6) is 5.88 Å². The summed E-state index contributed by atoms with van der Waals surface area (Å²) >= 11 is 6.45. The van der Waals surface area contributed by atoms with Crippen LogP contribution in [0.4, 0.5) is 4.39 Å². The van der Waals surface area contributed by atoms with Crippen LogP contribution in [-0.2, 0) is 0 Å². The molecule has 0 bridgehead atoms. The molecule has 148 valence electrons. The fourth-order valence-electron chi connectivity index (χ4n) is 1.78. The number of ether oxygens (including phenoxy) is 1. The lowest BCUT2D eigenvalue weighted by Gasteiger charge is -2.09. The van der Waals surface area contributed by atoms with Crippen molar-refractivity contribution < 1.29 is 14.2 Å². The van der Waals surface area contributed by atoms with Gasteiger partial charge in [-0.05, 0) is 81.2 Å². The van der Waals surface area contributed by atoms with Crippen LogP contribution < -0.4 is 4.74 Å². The zero-order valence-corrected chi connectivity index (χ0v) is 18.8. The third kappa shape index (κ3) is 9.12. The topological polar surface area (TPSA) is 55.2 Å². The number of hydrogen-bond donors (Lipinski definition) is 1. The Morgan fingerprint density at radius 2 is 1.52 bits per heavy atom. The Kier molecular flexibility index (Phi) is 8.19. The van der Waals surface area contributed by atoms with Gasteiger partial charge in [-0.1, -0.05) is 13.8 Å². The minimum Gasteiger partial charge on any atom is -0.477 e. The van der Waals surface area contributed by atoms with Crippen molar-refractivity contribution >= 4 is 31.9 Å². The monoisotopic (exact) mass is 502 g/mol. The minimum absolute atomic E-state index is 0.347. The molecule has 0 aliphatic heterocycles. The predicted octanol–water partition coefficient (Wildman–Crippen LogP) is 5.79. The van der Waals surface area contributed by atoms with Gasteiger partial charge in [0, 0.05) is 39.4 Å². The highest BCUT2D eigenvalue weighted by molar-refractivity contribution is 9.10. The fourth-order valence-corrected chi connectivity index (χ4v) is 2.25. The van der Waals surface area contributed by atoms with Crippen LogP contribution in [-0.4, -0.2) is 28.3 Å². The Balaban J connectivity index is 0.000000159. The van der Waals surface area contributed by atoms with E-state index in [9.17, 15) is 4.39 Å². The lowest BCUT2D eigenvalue weighted by molar-refractivity contribution is 0.224. The number of aliphatic hydroxyl groups excluding tert-OH is 1. The molecule has 0 radical (unpaired) electrons. The molecule has 0 amide bonds. The van der Waals surface area contributed by atoms with E-state index in [1.165, 1.54) is 37.9 Å². The summed E-state index contributed by atoms with van der Waals surface area (Å²) in [6, 6.07) is 6.72. The maximum Gasteiger partial charge on any atom is 0.213 e. The van der Waals surface area contributed by atoms with Crippen molar-refractivity contribution in [3.05, 3.63) is 51.6 Å². The smallest absolute Gasteiger partial charge is 0.213 e. The summed E-state index contributed by atoms with van der Waals surface area (Å²) < 4.78 is 19.3. The minimum atomic E-state index is -0.451. The SMILES string of the molecule is CC1(CO)CC1.CC1(COc2ccc(Br)cn2)CC1.Fc1ccc(Br)cn1. The van der Waals surface area contributed by atoms with Gasteiger partial charge in [0.15, 0.2) is 0 Å². The summed E-state index contributed by atoms with van der Waals surface area (Å²) in [7, 11) is 0. The number of hydrogen-bond acceptors (Lipinski definition) is 4. The lowest BCUT2D eigenvalue weighted by atomic mass is 10.2. The maximum atomic E-state index is 12.0. The molecular weight excluding hydrogens is 479 g/mol. The first-order chi connectivity index (χ1) is 12.7. The van der Waals surface area contributed by atoms with E-state index in [2.05, 4.69) is 55.7 Å². The maximum absolute atomic E-state index is 12.0. The van der Waals surface area contributed by atoms with Gasteiger partial charge in [-0.25, -0.2) is 9.97 Å². The van der Waals surface area contributed by atoms with Crippen molar-refractivity contribution in [2.24, 2.45) is 10.8 Å². The lowest BCUT2D eigenvalue weighted by Crippen LogP contribution is -2.09. The molecule has 2 fully saturated rings. The van der Waals surface area contributed by atoms with E-state index in [0.717, 1.165) is 21.4 Å². The largest absolute Gasteiger partial charge is 0.477 e. The number of rotatable bonds is 4. The van der Waals surface area contributed by atoms with E-state index in [-0.39, 0.29) is 0 Å². The normalized spacial score (nSPS) is 17.6. The molecule has 2 saturated carbocycles. The van der Waals surface area contributed by atoms with Crippen LogP contribution in [0.2, 0.25) is 0 Å². The van der Waals surface area contributed by atoms with Crippen molar-refractivity contribution in [1.82, 2.24) is 9.97 Å². The molecule has 0 saturated heterocycles. The van der Waals surface area contributed by atoms with Gasteiger partial charge < -0.3 is 9.84 Å². The number of halogens is 3. The summed E-state index contributed by atoms with van der Waals surface area (Å²) in [5.74, 6) is 0.268. The van der Waals surface area contributed by atoms with Gasteiger partial charge in [-0.15, -0.1) is 0 Å². The molecule has 2 aliphatic rings. The van der Waals surface area contributed by atoms with Crippen LogP contribution in [0.25, 0.3) is 0 Å². The van der Waals surface area contributed by atoms with Gasteiger partial charge in [0.25, 0.3) is 0 Å². The van der Waals surface area contributed by atoms with E-state index in [0.29, 0.717) is 17.4 Å². The van der Waals surface area contributed by atoms with Gasteiger partial charge in [0.05, 0.1) is 6.61 Å². The first kappa shape index (κ1) is 22.2. The third-order valence-corrected chi connectivity index (χ3v) is 5.49. The molecule has 0 unspecified atom stereocenters. The highest BCUT2D eigenvalue weighted by atomic mass is 79.9. The average Bonchev–Trinajstić information content (AvgIpc) is 3.58. The molecule has 0 aromatic carbocycles. The molecule has 2 heterocycles. The molecule has 27 heavy (non-hydrogen) atoms. The molecule has 2 aromatic heterocycles. The Hall–Kier alpha value is -1.05. The Morgan fingerprint density at radius 3 is 1.85 bits per heavy atom. The standard InChI is InChI=1S/C10H12BrNO.C5H3BrFN.C5H10O/c1-10(4-5-10)7-13-9-3-2-8(11)6-12-9;6-4-1-2-5(7)8-3-4;1-5(4-6)2-3-5/h2-3,6H,4-5,7H2,1H3;1-3H;6H,2-4H2,1H3. The number of pyridine rings is 2. The van der Waals surface area contributed by atoms with Crippen LogP contribution >= 0.6 is 31.9 Å². The Morgan fingerprint density at radius 1 is 0.963 bits per heavy atom. The second-order valence-corrected chi connectivity index (χ2v) is 9.51. The Bertz CT molecular complexity index is 682. The van der Waals surface area contributed by atoms with Crippen LogP contribution in [0.1, 0.15) is 39.5 Å². The van der Waals surface area contributed by atoms with E-state index in [4.69, 9.17) is 9.84 Å². The Labute approximate surface area is 176 Å². The molecule has 2 aliphatic carbocycles. The first-order valence-electron chi connectivity index (χ1n) is 8.86. The van der Waals surface area contributed by atoms with Crippen molar-refractivity contribution in [3.8, 4) is 5.88 Å². The first-order valence-corrected chi connectivity index (χ1v) is 10.4. The zero-order valence-electron chi connectivity index (χ0n) is 15.6. The molecule has 7 heteroatoms. The quantitative estimate of drug-likeness (QED) is 0.537. The fraction of sp³-hybridized carbons (Fsp3) is 0.500. The van der Waals surface area contributed by atoms with E-state index >= 15 is 0 Å². The molecule has 1 N–H and O–H groups in total. The van der Waals surface area contributed by atoms with Crippen LogP contribution in [0.3, 0.4) is 0 Å². The molecule has 4 rings (SSSR count). The number of aromatic nitrogens is 2. The summed E-state index contributed by atoms with van der Waals surface area (Å²) in [5, 5.41) is 8.47. The number of aliphatic hydroxyl groups is 1. The summed E-state index contributed by atoms with van der Waals surface area (Å²) in [5.41, 5.74) is 0.773. The van der Waals surface area contributed by atoms with Gasteiger partial charge in [-0.3, -0.25) is 0 Å². The summed E-state index contributed by atoms with van der Waals surface area (Å²) in [6.07, 6.45) is 8.18. The highest BCUT2D eigenvalue weighted by Gasteiger charge is 2.38. The summed E-state index contributed by atoms with van der Waals surface area (Å²) in [6.45, 7) is 5.52.